The van der Waals surface area contributed by atoms with Crippen LogP contribution in [0.2, 0.25) is 0 Å². The Balaban J connectivity index is 0.000000282. The first-order chi connectivity index (χ1) is 44.3. The molecule has 0 atom stereocenters. The fourth-order valence-corrected chi connectivity index (χ4v) is 11.4. The number of hydrogen-bond donors (Lipinski definition) is 4. The minimum atomic E-state index is 0. The minimum absolute atomic E-state index is 0. The summed E-state index contributed by atoms with van der Waals surface area (Å²) in [5.41, 5.74) is 16.6. The predicted octanol–water partition coefficient (Wildman–Crippen LogP) is 17.2. The first-order valence-electron chi connectivity index (χ1n) is 28.6. The van der Waals surface area contributed by atoms with Crippen LogP contribution in [0.1, 0.15) is 27.7 Å². The lowest BCUT2D eigenvalue weighted by Crippen LogP contribution is -1.82. The van der Waals surface area contributed by atoms with E-state index in [1.807, 2.05) is 97.1 Å². The topological polar surface area (TPSA) is 336 Å². The quantitative estimate of drug-likeness (QED) is 0.0908. The van der Waals surface area contributed by atoms with E-state index in [-0.39, 0.29) is 21.9 Å². The summed E-state index contributed by atoms with van der Waals surface area (Å²) in [6, 6.07) is 98.3. The maximum atomic E-state index is 7.32. The smallest absolute Gasteiger partial charge is 0.148 e. The van der Waals surface area contributed by atoms with Crippen LogP contribution in [0.25, 0.3) is 133 Å². The van der Waals surface area contributed by atoms with Crippen LogP contribution < -0.4 is 0 Å². The number of thiophene rings is 2. The molecule has 0 aliphatic rings. The normalized spacial score (nSPS) is 9.53. The van der Waals surface area contributed by atoms with Crippen LogP contribution >= 0.6 is 22.7 Å². The van der Waals surface area contributed by atoms with E-state index in [1.165, 1.54) is 27.7 Å². The van der Waals surface area contributed by atoms with Crippen LogP contribution in [-0.4, -0.2) is 61.8 Å². The van der Waals surface area contributed by atoms with Crippen LogP contribution in [0.3, 0.4) is 0 Å². The van der Waals surface area contributed by atoms with E-state index in [9.17, 15) is 0 Å². The molecule has 0 amide bonds. The summed E-state index contributed by atoms with van der Waals surface area (Å²) in [5.74, 6) is 3.40. The van der Waals surface area contributed by atoms with Gasteiger partial charge >= 0.3 is 0 Å². The first-order valence-corrected chi connectivity index (χ1v) is 30.2. The summed E-state index contributed by atoms with van der Waals surface area (Å²) >= 11 is 3.35. The maximum Gasteiger partial charge on any atom is 0.148 e. The van der Waals surface area contributed by atoms with E-state index in [1.54, 1.807) is 47.0 Å². The lowest BCUT2D eigenvalue weighted by molar-refractivity contribution is 0.823. The second-order valence-electron chi connectivity index (χ2n) is 19.4. The minimum Gasteiger partial charge on any atom is -0.412 e. The molecule has 6 heterocycles. The summed E-state index contributed by atoms with van der Waals surface area (Å²) in [6.45, 7) is 5.72. The van der Waals surface area contributed by atoms with Gasteiger partial charge in [0.2, 0.25) is 0 Å². The highest BCUT2D eigenvalue weighted by atomic mass is 32.1. The van der Waals surface area contributed by atoms with E-state index in [0.29, 0.717) is 0 Å². The number of nitriles is 4. The highest BCUT2D eigenvalue weighted by Crippen LogP contribution is 2.42. The monoisotopic (exact) mass is 1280 g/mol. The molecule has 468 valence electrons. The van der Waals surface area contributed by atoms with E-state index in [0.717, 1.165) is 133 Å². The number of aromatic amines is 4. The van der Waals surface area contributed by atoms with Crippen LogP contribution in [0.4, 0.5) is 0 Å². The molecule has 0 spiro atoms. The van der Waals surface area contributed by atoms with Crippen LogP contribution in [0, 0.1) is 45.3 Å². The molecular weight excluding hydrogens is 1210 g/mol. The molecule has 14 rings (SSSR count). The lowest BCUT2D eigenvalue weighted by Gasteiger charge is -2.02. The Hall–Kier alpha value is -12.2. The van der Waals surface area contributed by atoms with Crippen LogP contribution in [-0.2, 0) is 0 Å². The summed E-state index contributed by atoms with van der Waals surface area (Å²) in [6.07, 6.45) is 0. The zero-order valence-corrected chi connectivity index (χ0v) is 53.4. The van der Waals surface area contributed by atoms with Gasteiger partial charge in [-0.25, -0.2) is 19.9 Å². The van der Waals surface area contributed by atoms with Crippen molar-refractivity contribution in [3.05, 3.63) is 267 Å². The number of rotatable bonds is 12. The van der Waals surface area contributed by atoms with Crippen molar-refractivity contribution < 1.29 is 21.9 Å². The van der Waals surface area contributed by atoms with Crippen molar-refractivity contribution in [2.75, 3.05) is 0 Å². The molecule has 0 saturated heterocycles. The molecule has 8 aromatic carbocycles. The largest absolute Gasteiger partial charge is 0.412 e. The molecule has 16 nitrogen and oxygen atoms in total. The van der Waals surface area contributed by atoms with E-state index >= 15 is 0 Å². The van der Waals surface area contributed by atoms with Crippen LogP contribution in [0.15, 0.2) is 267 Å². The fraction of sp³-hybridized carbons (Fsp3) is 0.0526. The number of hydrogen-bond acceptors (Lipinski definition) is 10. The van der Waals surface area contributed by atoms with Crippen molar-refractivity contribution in [2.24, 2.45) is 0 Å². The summed E-state index contributed by atoms with van der Waals surface area (Å²) < 4.78 is 0. The molecule has 0 fully saturated rings. The Morgan fingerprint density at radius 1 is 0.234 bits per heavy atom. The van der Waals surface area contributed by atoms with Gasteiger partial charge < -0.3 is 41.8 Å². The van der Waals surface area contributed by atoms with Crippen molar-refractivity contribution in [2.45, 2.75) is 27.7 Å². The zero-order valence-electron chi connectivity index (χ0n) is 51.8. The molecule has 6 aromatic heterocycles. The second kappa shape index (κ2) is 37.1. The molecule has 0 unspecified atom stereocenters. The number of benzene rings is 8. The summed E-state index contributed by atoms with van der Waals surface area (Å²) in [7, 11) is 0. The van der Waals surface area contributed by atoms with E-state index < -0.39 is 0 Å². The molecule has 18 heteroatoms. The van der Waals surface area contributed by atoms with Gasteiger partial charge in [0.15, 0.2) is 0 Å². The van der Waals surface area contributed by atoms with Gasteiger partial charge in [0.1, 0.15) is 23.3 Å². The average molecular weight is 1280 g/mol. The van der Waals surface area contributed by atoms with Gasteiger partial charge in [-0.05, 0) is 24.3 Å². The molecule has 94 heavy (non-hydrogen) atoms. The van der Waals surface area contributed by atoms with Gasteiger partial charge in [-0.1, -0.05) is 243 Å². The van der Waals surface area contributed by atoms with Crippen molar-refractivity contribution in [1.29, 1.82) is 21.0 Å². The Labute approximate surface area is 554 Å². The van der Waals surface area contributed by atoms with Crippen LogP contribution in [0.5, 0.6) is 0 Å². The second-order valence-corrected chi connectivity index (χ2v) is 21.6. The number of aromatic nitrogens is 8. The van der Waals surface area contributed by atoms with Crippen molar-refractivity contribution in [3.63, 3.8) is 0 Å². The number of nitrogens with one attached hydrogen (secondary N) is 4. The third-order valence-electron chi connectivity index (χ3n) is 13.4. The van der Waals surface area contributed by atoms with Gasteiger partial charge in [-0.15, -0.1) is 22.7 Å². The van der Waals surface area contributed by atoms with E-state index in [4.69, 9.17) is 41.0 Å². The van der Waals surface area contributed by atoms with Gasteiger partial charge in [-0.3, -0.25) is 0 Å². The Bertz CT molecular complexity index is 3860. The molecule has 0 bridgehead atoms. The lowest BCUT2D eigenvalue weighted by atomic mass is 10.1. The number of nitrogens with zero attached hydrogens (tertiary/aromatic N) is 8. The highest BCUT2D eigenvalue weighted by molar-refractivity contribution is 7.19. The summed E-state index contributed by atoms with van der Waals surface area (Å²) in [4.78, 5) is 39.0. The summed E-state index contributed by atoms with van der Waals surface area (Å²) in [5, 5.41) is 29.3. The van der Waals surface area contributed by atoms with Gasteiger partial charge in [-0.2, -0.15) is 21.0 Å². The average Bonchev–Trinajstić information content (AvgIpc) is 1.65. The molecule has 12 N–H and O–H groups in total. The molecule has 0 aliphatic heterocycles. The maximum absolute atomic E-state index is 7.32. The van der Waals surface area contributed by atoms with Gasteiger partial charge in [0.05, 0.1) is 89.3 Å². The third-order valence-corrected chi connectivity index (χ3v) is 15.6. The van der Waals surface area contributed by atoms with Crippen molar-refractivity contribution >= 4 is 22.7 Å². The fourth-order valence-electron chi connectivity index (χ4n) is 9.62. The molecular formula is C76H68N12O4S2. The van der Waals surface area contributed by atoms with Crippen molar-refractivity contribution in [3.8, 4) is 157 Å². The number of imidazole rings is 4. The number of H-pyrrole nitrogens is 4. The Morgan fingerprint density at radius 3 is 0.521 bits per heavy atom. The molecule has 14 aromatic rings. The Kier molecular flexibility index (Phi) is 28.6. The molecule has 0 saturated carbocycles. The zero-order chi connectivity index (χ0) is 62.9. The van der Waals surface area contributed by atoms with Gasteiger partial charge in [0, 0.05) is 72.2 Å². The molecule has 0 aliphatic carbocycles. The van der Waals surface area contributed by atoms with Crippen molar-refractivity contribution in [1.82, 2.24) is 39.9 Å². The highest BCUT2D eigenvalue weighted by Gasteiger charge is 2.22. The third kappa shape index (κ3) is 18.0. The first kappa shape index (κ1) is 72.5. The predicted molar refractivity (Wildman–Crippen MR) is 382 cm³/mol. The molecule has 0 radical (unpaired) electrons. The Morgan fingerprint density at radius 2 is 0.372 bits per heavy atom. The van der Waals surface area contributed by atoms with Gasteiger partial charge in [0.25, 0.3) is 0 Å². The standard InChI is InChI=1S/2C34H24N4S.4C2H3N.4H2O/c2*1-5-13-23(14-6-1)29-30(24-15-7-2-8-16-24)36-33(35-29)27-21-22-28(39-27)34-37-31(25-17-9-3-10-18-25)32(38-34)26-19-11-4-12-20-26;4*1-2-3;;;;/h2*1-22H,(H,35,36)(H,37,38);4*1H3;4*1H2. The SMILES string of the molecule is CC#N.CC#N.CC#N.CC#N.O.O.O.O.c1ccc(-c2nc(-c3ccc(-c4nc(-c5ccccc5)c(-c5ccccc5)[nH]4)s3)[nH]c2-c2ccccc2)cc1.c1ccc(-c2nc(-c3ccc(-c4nc(-c5ccccc5)c(-c5ccccc5)[nH]4)s3)[nH]c2-c2ccccc2)cc1. The van der Waals surface area contributed by atoms with E-state index in [2.05, 4.69) is 190 Å².